The van der Waals surface area contributed by atoms with Crippen molar-refractivity contribution in [3.63, 3.8) is 0 Å². The molecule has 4 nitrogen and oxygen atoms in total. The molecule has 5 heteroatoms. The fourth-order valence-electron chi connectivity index (χ4n) is 2.06. The summed E-state index contributed by atoms with van der Waals surface area (Å²) >= 11 is 5.93. The Balaban J connectivity index is 2.29. The van der Waals surface area contributed by atoms with Crippen LogP contribution in [0.25, 0.3) is 0 Å². The highest BCUT2D eigenvalue weighted by Crippen LogP contribution is 2.24. The lowest BCUT2D eigenvalue weighted by molar-refractivity contribution is 0.1000. The number of benzene rings is 1. The molecular weight excluding hydrogens is 238 g/mol. The van der Waals surface area contributed by atoms with Crippen LogP contribution >= 0.6 is 11.6 Å². The van der Waals surface area contributed by atoms with Crippen molar-refractivity contribution in [1.82, 2.24) is 5.32 Å². The molecule has 0 bridgehead atoms. The molecule has 1 aromatic rings. The van der Waals surface area contributed by atoms with E-state index in [4.69, 9.17) is 17.3 Å². The Labute approximate surface area is 106 Å². The molecule has 0 atom stereocenters. The summed E-state index contributed by atoms with van der Waals surface area (Å²) in [7, 11) is 0. The molecule has 1 heterocycles. The second-order valence-corrected chi connectivity index (χ2v) is 4.35. The first kappa shape index (κ1) is 12.2. The Hall–Kier alpha value is -1.26. The molecule has 1 amide bonds. The number of rotatable bonds is 3. The van der Waals surface area contributed by atoms with Crippen molar-refractivity contribution in [3.8, 4) is 0 Å². The number of nitrogens with zero attached hydrogens (tertiary/aromatic N) is 1. The topological polar surface area (TPSA) is 58.4 Å². The van der Waals surface area contributed by atoms with Gasteiger partial charge in [-0.05, 0) is 23.8 Å². The Bertz CT molecular complexity index is 416. The number of amides is 1. The van der Waals surface area contributed by atoms with Gasteiger partial charge >= 0.3 is 0 Å². The third-order valence-electron chi connectivity index (χ3n) is 2.97. The normalized spacial score (nSPS) is 15.9. The van der Waals surface area contributed by atoms with Gasteiger partial charge in [0.05, 0.1) is 0 Å². The molecule has 3 N–H and O–H groups in total. The number of carbonyl (C=O) groups is 1. The van der Waals surface area contributed by atoms with E-state index in [9.17, 15) is 4.79 Å². The molecule has 1 fully saturated rings. The lowest BCUT2D eigenvalue weighted by Crippen LogP contribution is -2.43. The SMILES string of the molecule is NC(=O)c1ccc(N2CCNCC2)c(CCl)c1. The Morgan fingerprint density at radius 1 is 1.41 bits per heavy atom. The molecule has 92 valence electrons. The van der Waals surface area contributed by atoms with Gasteiger partial charge in [-0.3, -0.25) is 4.79 Å². The summed E-state index contributed by atoms with van der Waals surface area (Å²) in [6.07, 6.45) is 0. The zero-order valence-electron chi connectivity index (χ0n) is 9.58. The van der Waals surface area contributed by atoms with E-state index in [2.05, 4.69) is 10.2 Å². The summed E-state index contributed by atoms with van der Waals surface area (Å²) in [5, 5.41) is 3.30. The maximum atomic E-state index is 11.1. The van der Waals surface area contributed by atoms with E-state index in [1.165, 1.54) is 0 Å². The van der Waals surface area contributed by atoms with Crippen LogP contribution in [0, 0.1) is 0 Å². The molecule has 0 saturated carbocycles. The van der Waals surface area contributed by atoms with E-state index in [1.54, 1.807) is 12.1 Å². The van der Waals surface area contributed by atoms with Gasteiger partial charge in [0.25, 0.3) is 0 Å². The zero-order valence-corrected chi connectivity index (χ0v) is 10.3. The molecule has 1 aliphatic heterocycles. The summed E-state index contributed by atoms with van der Waals surface area (Å²) in [6.45, 7) is 3.86. The number of primary amides is 1. The van der Waals surface area contributed by atoms with Gasteiger partial charge in [-0.15, -0.1) is 11.6 Å². The van der Waals surface area contributed by atoms with Gasteiger partial charge in [-0.2, -0.15) is 0 Å². The number of hydrogen-bond acceptors (Lipinski definition) is 3. The molecule has 0 unspecified atom stereocenters. The summed E-state index contributed by atoms with van der Waals surface area (Å²) in [6, 6.07) is 5.48. The van der Waals surface area contributed by atoms with Crippen LogP contribution in [-0.2, 0) is 5.88 Å². The number of piperazine rings is 1. The first-order valence-corrected chi connectivity index (χ1v) is 6.20. The van der Waals surface area contributed by atoms with Gasteiger partial charge in [0.2, 0.25) is 5.91 Å². The summed E-state index contributed by atoms with van der Waals surface area (Å²) in [4.78, 5) is 13.4. The minimum atomic E-state index is -0.414. The average molecular weight is 254 g/mol. The number of halogens is 1. The first-order chi connectivity index (χ1) is 8.22. The minimum absolute atomic E-state index is 0.389. The van der Waals surface area contributed by atoms with Gasteiger partial charge in [0, 0.05) is 43.3 Å². The van der Waals surface area contributed by atoms with Crippen LogP contribution in [0.1, 0.15) is 15.9 Å². The predicted molar refractivity (Wildman–Crippen MR) is 69.6 cm³/mol. The van der Waals surface area contributed by atoms with Crippen LogP contribution in [0.2, 0.25) is 0 Å². The fourth-order valence-corrected chi connectivity index (χ4v) is 2.27. The minimum Gasteiger partial charge on any atom is -0.369 e. The highest BCUT2D eigenvalue weighted by atomic mass is 35.5. The van der Waals surface area contributed by atoms with Crippen molar-refractivity contribution in [2.45, 2.75) is 5.88 Å². The lowest BCUT2D eigenvalue weighted by Gasteiger charge is -2.31. The number of nitrogens with two attached hydrogens (primary N) is 1. The number of anilines is 1. The third-order valence-corrected chi connectivity index (χ3v) is 3.25. The standard InChI is InChI=1S/C12H16ClN3O/c13-8-10-7-9(12(14)17)1-2-11(10)16-5-3-15-4-6-16/h1-2,7,15H,3-6,8H2,(H2,14,17). The molecule has 1 aromatic carbocycles. The van der Waals surface area contributed by atoms with E-state index < -0.39 is 5.91 Å². The molecule has 0 spiro atoms. The van der Waals surface area contributed by atoms with Gasteiger partial charge in [-0.1, -0.05) is 0 Å². The number of alkyl halides is 1. The highest BCUT2D eigenvalue weighted by molar-refractivity contribution is 6.17. The van der Waals surface area contributed by atoms with E-state index in [0.29, 0.717) is 11.4 Å². The van der Waals surface area contributed by atoms with Crippen LogP contribution in [0.5, 0.6) is 0 Å². The lowest BCUT2D eigenvalue weighted by atomic mass is 10.1. The molecule has 0 aromatic heterocycles. The van der Waals surface area contributed by atoms with Crippen LogP contribution in [-0.4, -0.2) is 32.1 Å². The maximum Gasteiger partial charge on any atom is 0.248 e. The Morgan fingerprint density at radius 2 is 2.12 bits per heavy atom. The molecule has 0 aliphatic carbocycles. The van der Waals surface area contributed by atoms with E-state index >= 15 is 0 Å². The Kier molecular flexibility index (Phi) is 3.86. The third kappa shape index (κ3) is 2.70. The predicted octanol–water partition coefficient (Wildman–Crippen LogP) is 0.934. The number of nitrogens with one attached hydrogen (secondary N) is 1. The second kappa shape index (κ2) is 5.38. The summed E-state index contributed by atoms with van der Waals surface area (Å²) in [5.74, 6) is -0.0244. The quantitative estimate of drug-likeness (QED) is 0.788. The highest BCUT2D eigenvalue weighted by Gasteiger charge is 2.14. The van der Waals surface area contributed by atoms with Crippen molar-refractivity contribution in [2.75, 3.05) is 31.1 Å². The molecule has 2 rings (SSSR count). The summed E-state index contributed by atoms with van der Waals surface area (Å²) < 4.78 is 0. The van der Waals surface area contributed by atoms with Crippen molar-refractivity contribution >= 4 is 23.2 Å². The van der Waals surface area contributed by atoms with Gasteiger partial charge < -0.3 is 16.0 Å². The van der Waals surface area contributed by atoms with E-state index in [-0.39, 0.29) is 0 Å². The van der Waals surface area contributed by atoms with Crippen LogP contribution in [0.4, 0.5) is 5.69 Å². The van der Waals surface area contributed by atoms with E-state index in [1.807, 2.05) is 6.07 Å². The molecule has 17 heavy (non-hydrogen) atoms. The molecule has 1 saturated heterocycles. The van der Waals surface area contributed by atoms with Crippen molar-refractivity contribution in [1.29, 1.82) is 0 Å². The van der Waals surface area contributed by atoms with Crippen molar-refractivity contribution in [3.05, 3.63) is 29.3 Å². The molecular formula is C12H16ClN3O. The molecule has 1 aliphatic rings. The fraction of sp³-hybridized carbons (Fsp3) is 0.417. The van der Waals surface area contributed by atoms with Crippen LogP contribution < -0.4 is 16.0 Å². The van der Waals surface area contributed by atoms with E-state index in [0.717, 1.165) is 37.4 Å². The smallest absolute Gasteiger partial charge is 0.248 e. The van der Waals surface area contributed by atoms with Crippen molar-refractivity contribution in [2.24, 2.45) is 5.73 Å². The summed E-state index contributed by atoms with van der Waals surface area (Å²) in [5.41, 5.74) is 7.84. The monoisotopic (exact) mass is 253 g/mol. The number of carbonyl (C=O) groups excluding carboxylic acids is 1. The van der Waals surface area contributed by atoms with Crippen LogP contribution in [0.15, 0.2) is 18.2 Å². The van der Waals surface area contributed by atoms with Gasteiger partial charge in [-0.25, -0.2) is 0 Å². The first-order valence-electron chi connectivity index (χ1n) is 5.66. The second-order valence-electron chi connectivity index (χ2n) is 4.08. The van der Waals surface area contributed by atoms with Crippen molar-refractivity contribution < 1.29 is 4.79 Å². The largest absolute Gasteiger partial charge is 0.369 e. The van der Waals surface area contributed by atoms with Gasteiger partial charge in [0.1, 0.15) is 0 Å². The average Bonchev–Trinajstić information content (AvgIpc) is 2.39. The zero-order chi connectivity index (χ0) is 12.3. The Morgan fingerprint density at radius 3 is 2.71 bits per heavy atom. The van der Waals surface area contributed by atoms with Crippen LogP contribution in [0.3, 0.4) is 0 Å². The maximum absolute atomic E-state index is 11.1. The molecule has 0 radical (unpaired) electrons. The van der Waals surface area contributed by atoms with Gasteiger partial charge in [0.15, 0.2) is 0 Å². The number of hydrogen-bond donors (Lipinski definition) is 2.